The van der Waals surface area contributed by atoms with Crippen LogP contribution in [0.4, 0.5) is 20.6 Å². The lowest BCUT2D eigenvalue weighted by Crippen LogP contribution is -2.59. The second kappa shape index (κ2) is 9.51. The molecule has 39 heavy (non-hydrogen) atoms. The summed E-state index contributed by atoms with van der Waals surface area (Å²) in [5.74, 6) is -0.943. The van der Waals surface area contributed by atoms with Crippen LogP contribution in [-0.4, -0.2) is 72.1 Å². The highest BCUT2D eigenvalue weighted by Crippen LogP contribution is 2.31. The number of nitrogens with one attached hydrogen (secondary N) is 1. The van der Waals surface area contributed by atoms with E-state index < -0.39 is 17.3 Å². The van der Waals surface area contributed by atoms with Gasteiger partial charge in [0.15, 0.2) is 11.5 Å². The van der Waals surface area contributed by atoms with E-state index in [1.54, 1.807) is 46.4 Å². The van der Waals surface area contributed by atoms with Crippen LogP contribution in [0.25, 0.3) is 16.7 Å². The van der Waals surface area contributed by atoms with Gasteiger partial charge < -0.3 is 19.4 Å². The van der Waals surface area contributed by atoms with Crippen molar-refractivity contribution >= 4 is 40.1 Å². The number of fused-ring (bicyclic) bond motifs is 2. The van der Waals surface area contributed by atoms with E-state index in [0.717, 1.165) is 5.69 Å². The number of amides is 2. The summed E-state index contributed by atoms with van der Waals surface area (Å²) in [6.07, 6.45) is 2.98. The Labute approximate surface area is 225 Å². The standard InChI is InChI=1S/C27H33FN8O3/c1-15-11-35-14-18(10-20(28)24(35)29-15)30-25(37)19-8-9-21(22-23(19)33(7)32-31-22)34-12-16(2)36(17(3)13-34)26(38)39-27(4,5)6/h8-11,14,16-17H,12-13H2,1-7H3,(H,30,37)/t16-,17+. The van der Waals surface area contributed by atoms with Crippen molar-refractivity contribution in [1.82, 2.24) is 29.3 Å². The molecule has 0 aliphatic carbocycles. The minimum Gasteiger partial charge on any atom is -0.444 e. The highest BCUT2D eigenvalue weighted by Gasteiger charge is 2.36. The number of pyridine rings is 1. The summed E-state index contributed by atoms with van der Waals surface area (Å²) in [6.45, 7) is 12.4. The van der Waals surface area contributed by atoms with Gasteiger partial charge in [-0.2, -0.15) is 0 Å². The Hall–Kier alpha value is -4.22. The van der Waals surface area contributed by atoms with Crippen molar-refractivity contribution in [2.24, 2.45) is 7.05 Å². The molecule has 0 unspecified atom stereocenters. The van der Waals surface area contributed by atoms with Gasteiger partial charge in [-0.05, 0) is 53.7 Å². The quantitative estimate of drug-likeness (QED) is 0.419. The molecule has 0 bridgehead atoms. The molecule has 0 spiro atoms. The first-order valence-corrected chi connectivity index (χ1v) is 12.9. The van der Waals surface area contributed by atoms with Gasteiger partial charge in [0.05, 0.1) is 34.7 Å². The Kier molecular flexibility index (Phi) is 6.44. The molecule has 2 amide bonds. The fraction of sp³-hybridized carbons (Fsp3) is 0.444. The number of hydrogen-bond donors (Lipinski definition) is 1. The molecule has 0 saturated carbocycles. The molecular weight excluding hydrogens is 503 g/mol. The minimum absolute atomic E-state index is 0.116. The van der Waals surface area contributed by atoms with Crippen LogP contribution in [0.3, 0.4) is 0 Å². The summed E-state index contributed by atoms with van der Waals surface area (Å²) in [7, 11) is 1.72. The summed E-state index contributed by atoms with van der Waals surface area (Å²) >= 11 is 0. The van der Waals surface area contributed by atoms with E-state index in [4.69, 9.17) is 4.74 Å². The maximum Gasteiger partial charge on any atom is 0.410 e. The number of ether oxygens (including phenoxy) is 1. The highest BCUT2D eigenvalue weighted by molar-refractivity contribution is 6.13. The molecule has 206 valence electrons. The van der Waals surface area contributed by atoms with E-state index in [0.29, 0.717) is 41.1 Å². The first-order valence-electron chi connectivity index (χ1n) is 12.9. The monoisotopic (exact) mass is 536 g/mol. The molecule has 5 rings (SSSR count). The molecule has 1 aliphatic rings. The first kappa shape index (κ1) is 26.4. The number of rotatable bonds is 3. The van der Waals surface area contributed by atoms with Gasteiger partial charge in [-0.25, -0.2) is 18.9 Å². The predicted octanol–water partition coefficient (Wildman–Crippen LogP) is 4.15. The predicted molar refractivity (Wildman–Crippen MR) is 146 cm³/mol. The van der Waals surface area contributed by atoms with E-state index in [-0.39, 0.29) is 23.8 Å². The normalized spacial score (nSPS) is 18.2. The summed E-state index contributed by atoms with van der Waals surface area (Å²) in [4.78, 5) is 34.3. The van der Waals surface area contributed by atoms with Gasteiger partial charge in [0.2, 0.25) is 0 Å². The maximum absolute atomic E-state index is 14.6. The van der Waals surface area contributed by atoms with Crippen molar-refractivity contribution in [2.45, 2.75) is 59.2 Å². The van der Waals surface area contributed by atoms with Crippen LogP contribution in [0.15, 0.2) is 30.6 Å². The topological polar surface area (TPSA) is 110 Å². The molecular formula is C27H33FN8O3. The van der Waals surface area contributed by atoms with E-state index in [1.807, 2.05) is 40.7 Å². The molecule has 4 aromatic rings. The molecule has 3 aromatic heterocycles. The zero-order valence-corrected chi connectivity index (χ0v) is 23.2. The Bertz CT molecular complexity index is 1580. The summed E-state index contributed by atoms with van der Waals surface area (Å²) in [5.41, 5.74) is 2.90. The van der Waals surface area contributed by atoms with E-state index >= 15 is 0 Å². The zero-order chi connectivity index (χ0) is 28.2. The van der Waals surface area contributed by atoms with E-state index in [2.05, 4.69) is 25.5 Å². The van der Waals surface area contributed by atoms with Crippen molar-refractivity contribution in [3.05, 3.63) is 47.7 Å². The van der Waals surface area contributed by atoms with Gasteiger partial charge in [0.1, 0.15) is 16.6 Å². The van der Waals surface area contributed by atoms with Crippen LogP contribution in [0.2, 0.25) is 0 Å². The van der Waals surface area contributed by atoms with Crippen molar-refractivity contribution in [3.63, 3.8) is 0 Å². The molecule has 1 fully saturated rings. The Morgan fingerprint density at radius 2 is 1.82 bits per heavy atom. The fourth-order valence-electron chi connectivity index (χ4n) is 5.23. The van der Waals surface area contributed by atoms with Crippen LogP contribution in [0.1, 0.15) is 50.7 Å². The van der Waals surface area contributed by atoms with Gasteiger partial charge in [-0.1, -0.05) is 5.21 Å². The average molecular weight is 537 g/mol. The van der Waals surface area contributed by atoms with Crippen molar-refractivity contribution in [3.8, 4) is 0 Å². The Balaban J connectivity index is 1.42. The smallest absolute Gasteiger partial charge is 0.410 e. The molecule has 1 aliphatic heterocycles. The second-order valence-corrected chi connectivity index (χ2v) is 11.2. The number of aryl methyl sites for hydroxylation is 2. The number of benzene rings is 1. The molecule has 2 atom stereocenters. The summed E-state index contributed by atoms with van der Waals surface area (Å²) < 4.78 is 23.3. The lowest BCUT2D eigenvalue weighted by atomic mass is 10.1. The first-order chi connectivity index (χ1) is 18.3. The molecule has 0 radical (unpaired) electrons. The lowest BCUT2D eigenvalue weighted by Gasteiger charge is -2.45. The minimum atomic E-state index is -0.578. The number of hydrogen-bond acceptors (Lipinski definition) is 7. The Morgan fingerprint density at radius 1 is 1.13 bits per heavy atom. The summed E-state index contributed by atoms with van der Waals surface area (Å²) in [6, 6.07) is 4.59. The zero-order valence-electron chi connectivity index (χ0n) is 23.2. The molecule has 12 heteroatoms. The van der Waals surface area contributed by atoms with Crippen LogP contribution >= 0.6 is 0 Å². The van der Waals surface area contributed by atoms with Crippen molar-refractivity contribution < 1.29 is 18.7 Å². The van der Waals surface area contributed by atoms with Gasteiger partial charge in [0, 0.05) is 38.6 Å². The van der Waals surface area contributed by atoms with Crippen LogP contribution in [0.5, 0.6) is 0 Å². The molecule has 11 nitrogen and oxygen atoms in total. The van der Waals surface area contributed by atoms with Crippen molar-refractivity contribution in [1.29, 1.82) is 0 Å². The number of carbonyl (C=O) groups is 2. The summed E-state index contributed by atoms with van der Waals surface area (Å²) in [5, 5.41) is 11.3. The van der Waals surface area contributed by atoms with Crippen LogP contribution < -0.4 is 10.2 Å². The van der Waals surface area contributed by atoms with Gasteiger partial charge in [-0.15, -0.1) is 5.10 Å². The molecule has 4 heterocycles. The largest absolute Gasteiger partial charge is 0.444 e. The average Bonchev–Trinajstić information content (AvgIpc) is 3.39. The fourth-order valence-corrected chi connectivity index (χ4v) is 5.23. The van der Waals surface area contributed by atoms with Crippen molar-refractivity contribution in [2.75, 3.05) is 23.3 Å². The second-order valence-electron chi connectivity index (χ2n) is 11.2. The highest BCUT2D eigenvalue weighted by atomic mass is 19.1. The lowest BCUT2D eigenvalue weighted by molar-refractivity contribution is 0.00567. The number of piperazine rings is 1. The van der Waals surface area contributed by atoms with Gasteiger partial charge in [-0.3, -0.25) is 9.69 Å². The Morgan fingerprint density at radius 3 is 2.49 bits per heavy atom. The van der Waals surface area contributed by atoms with Crippen LogP contribution in [-0.2, 0) is 11.8 Å². The third-order valence-electron chi connectivity index (χ3n) is 6.73. The van der Waals surface area contributed by atoms with Crippen LogP contribution in [0, 0.1) is 12.7 Å². The number of aromatic nitrogens is 5. The third-order valence-corrected chi connectivity index (χ3v) is 6.73. The molecule has 1 N–H and O–H groups in total. The molecule has 1 saturated heterocycles. The van der Waals surface area contributed by atoms with Gasteiger partial charge in [0.25, 0.3) is 5.91 Å². The number of carbonyl (C=O) groups excluding carboxylic acids is 2. The number of nitrogens with zero attached hydrogens (tertiary/aromatic N) is 7. The van der Waals surface area contributed by atoms with E-state index in [1.165, 1.54) is 6.07 Å². The molecule has 1 aromatic carbocycles. The maximum atomic E-state index is 14.6. The third kappa shape index (κ3) is 4.98. The van der Waals surface area contributed by atoms with E-state index in [9.17, 15) is 14.0 Å². The number of halogens is 1. The SMILES string of the molecule is Cc1cn2cc(NC(=O)c3ccc(N4C[C@@H](C)N(C(=O)OC(C)(C)C)[C@@H](C)C4)c4nnn(C)c34)cc(F)c2n1. The number of imidazole rings is 1. The number of anilines is 2. The van der Waals surface area contributed by atoms with Gasteiger partial charge >= 0.3 is 6.09 Å².